The molecule has 1 aliphatic rings. The molecule has 1 aromatic carbocycles. The number of rotatable bonds is 6. The highest BCUT2D eigenvalue weighted by molar-refractivity contribution is 5.26. The van der Waals surface area contributed by atoms with Gasteiger partial charge in [-0.05, 0) is 55.2 Å². The van der Waals surface area contributed by atoms with E-state index < -0.39 is 0 Å². The molecule has 0 aromatic heterocycles. The lowest BCUT2D eigenvalue weighted by Gasteiger charge is -2.34. The molecule has 1 saturated carbocycles. The molecule has 1 nitrogen and oxygen atoms in total. The van der Waals surface area contributed by atoms with Crippen molar-refractivity contribution in [2.75, 3.05) is 6.54 Å². The molecule has 2 rings (SSSR count). The zero-order valence-corrected chi connectivity index (χ0v) is 13.5. The van der Waals surface area contributed by atoms with Crippen LogP contribution in [-0.2, 0) is 6.42 Å². The van der Waals surface area contributed by atoms with Crippen LogP contribution in [0.1, 0.15) is 70.0 Å². The summed E-state index contributed by atoms with van der Waals surface area (Å²) in [5.74, 6) is 1.75. The van der Waals surface area contributed by atoms with Gasteiger partial charge in [0.25, 0.3) is 0 Å². The van der Waals surface area contributed by atoms with E-state index in [0.29, 0.717) is 6.04 Å². The van der Waals surface area contributed by atoms with E-state index in [1.54, 1.807) is 0 Å². The molecule has 112 valence electrons. The number of aryl methyl sites for hydroxylation is 1. The van der Waals surface area contributed by atoms with Gasteiger partial charge in [0, 0.05) is 6.04 Å². The average Bonchev–Trinajstić information content (AvgIpc) is 2.49. The Kier molecular flexibility index (Phi) is 6.09. The van der Waals surface area contributed by atoms with Gasteiger partial charge in [-0.15, -0.1) is 0 Å². The second-order valence-electron chi connectivity index (χ2n) is 6.55. The van der Waals surface area contributed by atoms with E-state index in [0.717, 1.165) is 24.8 Å². The first kappa shape index (κ1) is 15.6. The van der Waals surface area contributed by atoms with Crippen molar-refractivity contribution in [2.24, 2.45) is 11.8 Å². The summed E-state index contributed by atoms with van der Waals surface area (Å²) in [4.78, 5) is 0. The highest BCUT2D eigenvalue weighted by Gasteiger charge is 2.26. The number of hydrogen-bond acceptors (Lipinski definition) is 1. The number of hydrogen-bond donors (Lipinski definition) is 1. The fraction of sp³-hybridized carbons (Fsp3) is 0.684. The van der Waals surface area contributed by atoms with Gasteiger partial charge in [-0.3, -0.25) is 0 Å². The van der Waals surface area contributed by atoms with Crippen LogP contribution in [0.4, 0.5) is 0 Å². The van der Waals surface area contributed by atoms with Gasteiger partial charge in [-0.25, -0.2) is 0 Å². The molecule has 1 atom stereocenters. The predicted octanol–water partition coefficient (Wildman–Crippen LogP) is 5.12. The van der Waals surface area contributed by atoms with Crippen LogP contribution in [-0.4, -0.2) is 6.54 Å². The SMILES string of the molecule is CCCNC(c1cccc(CC)c1)C1CCC(C)CC1. The molecule has 1 unspecified atom stereocenters. The maximum Gasteiger partial charge on any atom is 0.0348 e. The maximum absolute atomic E-state index is 3.82. The van der Waals surface area contributed by atoms with Crippen molar-refractivity contribution >= 4 is 0 Å². The Labute approximate surface area is 125 Å². The Bertz CT molecular complexity index is 391. The molecule has 1 fully saturated rings. The van der Waals surface area contributed by atoms with Gasteiger partial charge in [0.05, 0.1) is 0 Å². The molecule has 0 saturated heterocycles. The van der Waals surface area contributed by atoms with E-state index in [2.05, 4.69) is 50.4 Å². The standard InChI is InChI=1S/C19H31N/c1-4-13-20-19(17-11-9-15(3)10-12-17)18-8-6-7-16(5-2)14-18/h6-8,14-15,17,19-20H,4-5,9-13H2,1-3H3. The summed E-state index contributed by atoms with van der Waals surface area (Å²) in [7, 11) is 0. The third kappa shape index (κ3) is 4.09. The second-order valence-corrected chi connectivity index (χ2v) is 6.55. The number of nitrogens with one attached hydrogen (secondary N) is 1. The first-order valence-electron chi connectivity index (χ1n) is 8.56. The summed E-state index contributed by atoms with van der Waals surface area (Å²) < 4.78 is 0. The average molecular weight is 273 g/mol. The van der Waals surface area contributed by atoms with Crippen LogP contribution < -0.4 is 5.32 Å². The quantitative estimate of drug-likeness (QED) is 0.759. The van der Waals surface area contributed by atoms with E-state index >= 15 is 0 Å². The van der Waals surface area contributed by atoms with Gasteiger partial charge in [0.1, 0.15) is 0 Å². The fourth-order valence-corrected chi connectivity index (χ4v) is 3.48. The van der Waals surface area contributed by atoms with Gasteiger partial charge in [-0.2, -0.15) is 0 Å². The summed E-state index contributed by atoms with van der Waals surface area (Å²) in [5, 5.41) is 3.82. The van der Waals surface area contributed by atoms with E-state index in [4.69, 9.17) is 0 Å². The lowest BCUT2D eigenvalue weighted by molar-refractivity contribution is 0.231. The largest absolute Gasteiger partial charge is 0.310 e. The van der Waals surface area contributed by atoms with Crippen molar-refractivity contribution < 1.29 is 0 Å². The number of benzene rings is 1. The van der Waals surface area contributed by atoms with Crippen LogP contribution in [0.5, 0.6) is 0 Å². The van der Waals surface area contributed by atoms with Gasteiger partial charge >= 0.3 is 0 Å². The molecule has 0 heterocycles. The zero-order valence-electron chi connectivity index (χ0n) is 13.5. The molecule has 1 aromatic rings. The van der Waals surface area contributed by atoms with Crippen LogP contribution in [0.3, 0.4) is 0 Å². The molecule has 20 heavy (non-hydrogen) atoms. The third-order valence-corrected chi connectivity index (χ3v) is 4.86. The Hall–Kier alpha value is -0.820. The third-order valence-electron chi connectivity index (χ3n) is 4.86. The smallest absolute Gasteiger partial charge is 0.0348 e. The van der Waals surface area contributed by atoms with Crippen molar-refractivity contribution in [1.82, 2.24) is 5.32 Å². The first-order chi connectivity index (χ1) is 9.74. The summed E-state index contributed by atoms with van der Waals surface area (Å²) in [6.45, 7) is 8.04. The molecule has 0 aliphatic heterocycles. The summed E-state index contributed by atoms with van der Waals surface area (Å²) in [5.41, 5.74) is 2.98. The monoisotopic (exact) mass is 273 g/mol. The van der Waals surface area contributed by atoms with Gasteiger partial charge in [0.15, 0.2) is 0 Å². The Balaban J connectivity index is 2.13. The lowest BCUT2D eigenvalue weighted by atomic mass is 9.77. The minimum Gasteiger partial charge on any atom is -0.310 e. The molecule has 1 N–H and O–H groups in total. The van der Waals surface area contributed by atoms with E-state index in [9.17, 15) is 0 Å². The normalized spacial score (nSPS) is 24.6. The molecule has 1 aliphatic carbocycles. The topological polar surface area (TPSA) is 12.0 Å². The first-order valence-corrected chi connectivity index (χ1v) is 8.56. The van der Waals surface area contributed by atoms with E-state index in [-0.39, 0.29) is 0 Å². The molecular formula is C19H31N. The Morgan fingerprint density at radius 3 is 2.55 bits per heavy atom. The lowest BCUT2D eigenvalue weighted by Crippen LogP contribution is -2.31. The molecule has 1 heteroatoms. The molecule has 0 spiro atoms. The highest BCUT2D eigenvalue weighted by atomic mass is 14.9. The summed E-state index contributed by atoms with van der Waals surface area (Å²) in [6, 6.07) is 9.80. The van der Waals surface area contributed by atoms with Gasteiger partial charge < -0.3 is 5.32 Å². The maximum atomic E-state index is 3.82. The van der Waals surface area contributed by atoms with Crippen molar-refractivity contribution in [3.05, 3.63) is 35.4 Å². The van der Waals surface area contributed by atoms with E-state index in [1.165, 1.54) is 43.2 Å². The van der Waals surface area contributed by atoms with Crippen LogP contribution in [0.2, 0.25) is 0 Å². The Morgan fingerprint density at radius 2 is 1.90 bits per heavy atom. The minimum atomic E-state index is 0.564. The van der Waals surface area contributed by atoms with Crippen molar-refractivity contribution in [2.45, 2.75) is 65.3 Å². The van der Waals surface area contributed by atoms with Gasteiger partial charge in [0.2, 0.25) is 0 Å². The highest BCUT2D eigenvalue weighted by Crippen LogP contribution is 2.37. The summed E-state index contributed by atoms with van der Waals surface area (Å²) in [6.07, 6.45) is 7.94. The zero-order chi connectivity index (χ0) is 14.4. The van der Waals surface area contributed by atoms with Crippen LogP contribution >= 0.6 is 0 Å². The molecule has 0 bridgehead atoms. The summed E-state index contributed by atoms with van der Waals surface area (Å²) >= 11 is 0. The second kappa shape index (κ2) is 7.83. The fourth-order valence-electron chi connectivity index (χ4n) is 3.48. The van der Waals surface area contributed by atoms with Crippen molar-refractivity contribution in [3.63, 3.8) is 0 Å². The van der Waals surface area contributed by atoms with Crippen molar-refractivity contribution in [3.8, 4) is 0 Å². The van der Waals surface area contributed by atoms with Crippen LogP contribution in [0, 0.1) is 11.8 Å². The predicted molar refractivity (Wildman–Crippen MR) is 88.0 cm³/mol. The Morgan fingerprint density at radius 1 is 1.15 bits per heavy atom. The van der Waals surface area contributed by atoms with Crippen LogP contribution in [0.15, 0.2) is 24.3 Å². The van der Waals surface area contributed by atoms with Crippen LogP contribution in [0.25, 0.3) is 0 Å². The van der Waals surface area contributed by atoms with Crippen molar-refractivity contribution in [1.29, 1.82) is 0 Å². The molecular weight excluding hydrogens is 242 g/mol. The molecule has 0 radical (unpaired) electrons. The van der Waals surface area contributed by atoms with E-state index in [1.807, 2.05) is 0 Å². The molecule has 0 amide bonds. The van der Waals surface area contributed by atoms with Gasteiger partial charge in [-0.1, -0.05) is 57.9 Å². The minimum absolute atomic E-state index is 0.564.